The monoisotopic (exact) mass is 407 g/mol. The molecule has 2 nitrogen and oxygen atoms in total. The van der Waals surface area contributed by atoms with Crippen LogP contribution in [0.5, 0.6) is 0 Å². The molecule has 0 saturated carbocycles. The second-order valence-electron chi connectivity index (χ2n) is 5.63. The molecule has 4 heteroatoms. The Labute approximate surface area is 158 Å². The van der Waals surface area contributed by atoms with Gasteiger partial charge in [0.1, 0.15) is 0 Å². The van der Waals surface area contributed by atoms with Crippen molar-refractivity contribution in [2.24, 2.45) is 0 Å². The van der Waals surface area contributed by atoms with Crippen LogP contribution in [0.4, 0.5) is 5.69 Å². The maximum absolute atomic E-state index is 12.7. The van der Waals surface area contributed by atoms with Gasteiger partial charge in [0.2, 0.25) is 0 Å². The van der Waals surface area contributed by atoms with Crippen LogP contribution in [0.2, 0.25) is 0 Å². The van der Waals surface area contributed by atoms with E-state index in [0.29, 0.717) is 5.56 Å². The minimum absolute atomic E-state index is 0.103. The minimum Gasteiger partial charge on any atom is -0.320 e. The Hall–Kier alpha value is -2.43. The highest BCUT2D eigenvalue weighted by molar-refractivity contribution is 9.10. The van der Waals surface area contributed by atoms with Crippen LogP contribution in [-0.2, 0) is 0 Å². The Balaban J connectivity index is 1.80. The lowest BCUT2D eigenvalue weighted by molar-refractivity contribution is 0.102. The molecule has 122 valence electrons. The summed E-state index contributed by atoms with van der Waals surface area (Å²) in [6, 6.07) is 25.7. The predicted molar refractivity (Wildman–Crippen MR) is 109 cm³/mol. The summed E-state index contributed by atoms with van der Waals surface area (Å²) < 4.78 is 2.11. The van der Waals surface area contributed by atoms with Crippen molar-refractivity contribution in [3.8, 4) is 10.4 Å². The molecule has 0 aliphatic rings. The summed E-state index contributed by atoms with van der Waals surface area (Å²) in [6.45, 7) is 0. The molecule has 1 aromatic heterocycles. The largest absolute Gasteiger partial charge is 0.320 e. The summed E-state index contributed by atoms with van der Waals surface area (Å²) in [5.41, 5.74) is 2.62. The lowest BCUT2D eigenvalue weighted by Crippen LogP contribution is -2.11. The maximum atomic E-state index is 12.7. The smallest absolute Gasteiger partial charge is 0.255 e. The Bertz CT molecular complexity index is 1040. The van der Waals surface area contributed by atoms with Gasteiger partial charge < -0.3 is 5.32 Å². The number of benzene rings is 3. The van der Waals surface area contributed by atoms with Gasteiger partial charge in [-0.15, -0.1) is 11.3 Å². The van der Waals surface area contributed by atoms with Crippen molar-refractivity contribution < 1.29 is 4.79 Å². The fraction of sp³-hybridized carbons (Fsp3) is 0. The predicted octanol–water partition coefficient (Wildman–Crippen LogP) is 6.58. The van der Waals surface area contributed by atoms with E-state index in [1.165, 1.54) is 0 Å². The molecule has 3 aromatic carbocycles. The van der Waals surface area contributed by atoms with Gasteiger partial charge in [-0.3, -0.25) is 4.79 Å². The lowest BCUT2D eigenvalue weighted by atomic mass is 10.1. The van der Waals surface area contributed by atoms with Crippen molar-refractivity contribution in [2.75, 3.05) is 5.32 Å². The van der Waals surface area contributed by atoms with Gasteiger partial charge in [0.25, 0.3) is 5.91 Å². The van der Waals surface area contributed by atoms with Crippen LogP contribution >= 0.6 is 27.3 Å². The van der Waals surface area contributed by atoms with Gasteiger partial charge in [0.15, 0.2) is 0 Å². The van der Waals surface area contributed by atoms with E-state index in [4.69, 9.17) is 0 Å². The fourth-order valence-electron chi connectivity index (χ4n) is 2.75. The van der Waals surface area contributed by atoms with Gasteiger partial charge >= 0.3 is 0 Å². The first kappa shape index (κ1) is 16.1. The Kier molecular flexibility index (Phi) is 4.38. The summed E-state index contributed by atoms with van der Waals surface area (Å²) in [6.07, 6.45) is 0. The third-order valence-corrected chi connectivity index (χ3v) is 5.72. The van der Waals surface area contributed by atoms with E-state index in [0.717, 1.165) is 30.7 Å². The van der Waals surface area contributed by atoms with Crippen LogP contribution in [0.3, 0.4) is 0 Å². The summed E-state index contributed by atoms with van der Waals surface area (Å²) in [5, 5.41) is 4.19. The number of hydrogen-bond donors (Lipinski definition) is 1. The van der Waals surface area contributed by atoms with Crippen molar-refractivity contribution in [1.82, 2.24) is 0 Å². The molecule has 0 aliphatic carbocycles. The number of hydrogen-bond acceptors (Lipinski definition) is 2. The number of carbonyl (C=O) groups excluding carboxylic acids is 1. The molecule has 4 aromatic rings. The van der Waals surface area contributed by atoms with Crippen LogP contribution in [0, 0.1) is 0 Å². The first-order valence-electron chi connectivity index (χ1n) is 7.86. The van der Waals surface area contributed by atoms with Crippen molar-refractivity contribution in [3.63, 3.8) is 0 Å². The van der Waals surface area contributed by atoms with E-state index in [-0.39, 0.29) is 5.91 Å². The fourth-order valence-corrected chi connectivity index (χ4v) is 4.18. The van der Waals surface area contributed by atoms with E-state index in [1.807, 2.05) is 54.6 Å². The van der Waals surface area contributed by atoms with Gasteiger partial charge in [0, 0.05) is 20.1 Å². The molecule has 0 unspecified atom stereocenters. The number of thiophene rings is 1. The first-order valence-corrected chi connectivity index (χ1v) is 9.47. The molecule has 0 fully saturated rings. The molecule has 0 aliphatic heterocycles. The molecule has 25 heavy (non-hydrogen) atoms. The molecule has 1 N–H and O–H groups in total. The Morgan fingerprint density at radius 2 is 1.52 bits per heavy atom. The SMILES string of the molecule is O=C(Nc1c(-c2ccccc2)sc2ccccc12)c1ccc(Br)cc1. The van der Waals surface area contributed by atoms with Crippen LogP contribution < -0.4 is 5.32 Å². The summed E-state index contributed by atoms with van der Waals surface area (Å²) in [7, 11) is 0. The first-order chi connectivity index (χ1) is 12.2. The molecule has 4 rings (SSSR count). The highest BCUT2D eigenvalue weighted by atomic mass is 79.9. The van der Waals surface area contributed by atoms with E-state index >= 15 is 0 Å². The summed E-state index contributed by atoms with van der Waals surface area (Å²) in [5.74, 6) is -0.103. The number of halogens is 1. The Morgan fingerprint density at radius 1 is 0.840 bits per heavy atom. The van der Waals surface area contributed by atoms with Gasteiger partial charge in [-0.05, 0) is 35.9 Å². The highest BCUT2D eigenvalue weighted by Crippen LogP contribution is 2.42. The third kappa shape index (κ3) is 3.23. The van der Waals surface area contributed by atoms with Crippen molar-refractivity contribution in [3.05, 3.63) is 88.9 Å². The number of nitrogens with one attached hydrogen (secondary N) is 1. The van der Waals surface area contributed by atoms with Gasteiger partial charge in [0.05, 0.1) is 10.6 Å². The molecule has 0 spiro atoms. The molecule has 1 heterocycles. The van der Waals surface area contributed by atoms with Crippen LogP contribution in [0.1, 0.15) is 10.4 Å². The number of rotatable bonds is 3. The topological polar surface area (TPSA) is 29.1 Å². The maximum Gasteiger partial charge on any atom is 0.255 e. The molecular formula is C21H14BrNOS. The van der Waals surface area contributed by atoms with E-state index in [2.05, 4.69) is 45.5 Å². The second kappa shape index (κ2) is 6.82. The molecule has 0 radical (unpaired) electrons. The molecule has 0 atom stereocenters. The zero-order valence-electron chi connectivity index (χ0n) is 13.2. The van der Waals surface area contributed by atoms with Crippen molar-refractivity contribution in [1.29, 1.82) is 0 Å². The van der Waals surface area contributed by atoms with Crippen LogP contribution in [-0.4, -0.2) is 5.91 Å². The quantitative estimate of drug-likeness (QED) is 0.408. The molecular weight excluding hydrogens is 394 g/mol. The lowest BCUT2D eigenvalue weighted by Gasteiger charge is -2.08. The minimum atomic E-state index is -0.103. The third-order valence-electron chi connectivity index (χ3n) is 3.98. The highest BCUT2D eigenvalue weighted by Gasteiger charge is 2.16. The number of fused-ring (bicyclic) bond motifs is 1. The summed E-state index contributed by atoms with van der Waals surface area (Å²) >= 11 is 5.09. The molecule has 0 saturated heterocycles. The average molecular weight is 408 g/mol. The van der Waals surface area contributed by atoms with E-state index < -0.39 is 0 Å². The summed E-state index contributed by atoms with van der Waals surface area (Å²) in [4.78, 5) is 13.8. The standard InChI is InChI=1S/C21H14BrNOS/c22-16-12-10-15(11-13-16)21(24)23-19-17-8-4-5-9-18(17)25-20(19)14-6-2-1-3-7-14/h1-13H,(H,23,24). The van der Waals surface area contributed by atoms with E-state index in [1.54, 1.807) is 11.3 Å². The number of amides is 1. The zero-order chi connectivity index (χ0) is 17.2. The van der Waals surface area contributed by atoms with Crippen molar-refractivity contribution in [2.45, 2.75) is 0 Å². The van der Waals surface area contributed by atoms with Gasteiger partial charge in [-0.2, -0.15) is 0 Å². The van der Waals surface area contributed by atoms with E-state index in [9.17, 15) is 4.79 Å². The normalized spacial score (nSPS) is 10.8. The average Bonchev–Trinajstić information content (AvgIpc) is 3.02. The number of carbonyl (C=O) groups is 1. The van der Waals surface area contributed by atoms with Gasteiger partial charge in [-0.25, -0.2) is 0 Å². The zero-order valence-corrected chi connectivity index (χ0v) is 15.6. The van der Waals surface area contributed by atoms with Crippen molar-refractivity contribution >= 4 is 48.9 Å². The van der Waals surface area contributed by atoms with Gasteiger partial charge in [-0.1, -0.05) is 64.5 Å². The van der Waals surface area contributed by atoms with Crippen LogP contribution in [0.15, 0.2) is 83.3 Å². The molecule has 1 amide bonds. The number of anilines is 1. The second-order valence-corrected chi connectivity index (χ2v) is 7.60. The van der Waals surface area contributed by atoms with Crippen LogP contribution in [0.25, 0.3) is 20.5 Å². The Morgan fingerprint density at radius 3 is 2.28 bits per heavy atom. The molecule has 0 bridgehead atoms.